The van der Waals surface area contributed by atoms with E-state index in [2.05, 4.69) is 10.1 Å². The van der Waals surface area contributed by atoms with Crippen molar-refractivity contribution in [1.82, 2.24) is 15.2 Å². The van der Waals surface area contributed by atoms with Crippen LogP contribution in [0.3, 0.4) is 0 Å². The molecule has 2 aromatic heterocycles. The molecule has 0 atom stereocenters. The van der Waals surface area contributed by atoms with Crippen molar-refractivity contribution in [3.8, 4) is 22.5 Å². The van der Waals surface area contributed by atoms with E-state index >= 15 is 0 Å². The van der Waals surface area contributed by atoms with Gasteiger partial charge in [0.1, 0.15) is 5.69 Å². The summed E-state index contributed by atoms with van der Waals surface area (Å²) in [5.41, 5.74) is 0.377. The van der Waals surface area contributed by atoms with E-state index in [9.17, 15) is 17.6 Å². The number of aromatic nitrogens is 3. The number of hydrogen-bond donors (Lipinski definition) is 1. The first-order valence-corrected chi connectivity index (χ1v) is 6.71. The highest BCUT2D eigenvalue weighted by molar-refractivity contribution is 5.68. The molecule has 0 saturated carbocycles. The Morgan fingerprint density at radius 2 is 1.70 bits per heavy atom. The number of nitrogens with zero attached hydrogens (tertiary/aromatic N) is 2. The fourth-order valence-corrected chi connectivity index (χ4v) is 2.28. The zero-order valence-corrected chi connectivity index (χ0v) is 11.9. The Hall–Kier alpha value is -2.70. The fourth-order valence-electron chi connectivity index (χ4n) is 2.28. The summed E-state index contributed by atoms with van der Waals surface area (Å²) in [4.78, 5) is 4.09. The van der Waals surface area contributed by atoms with Gasteiger partial charge in [0.15, 0.2) is 11.5 Å². The number of pyridine rings is 1. The molecule has 0 aliphatic heterocycles. The van der Waals surface area contributed by atoms with E-state index in [0.29, 0.717) is 5.56 Å². The van der Waals surface area contributed by atoms with Crippen molar-refractivity contribution >= 4 is 0 Å². The highest BCUT2D eigenvalue weighted by Crippen LogP contribution is 2.34. The van der Waals surface area contributed by atoms with Crippen LogP contribution in [0.1, 0.15) is 11.3 Å². The van der Waals surface area contributed by atoms with Crippen molar-refractivity contribution in [2.75, 3.05) is 0 Å². The van der Waals surface area contributed by atoms with E-state index < -0.39 is 23.4 Å². The molecule has 3 nitrogen and oxygen atoms in total. The van der Waals surface area contributed by atoms with Crippen LogP contribution >= 0.6 is 0 Å². The monoisotopic (exact) mass is 321 g/mol. The average Bonchev–Trinajstić information content (AvgIpc) is 2.90. The summed E-state index contributed by atoms with van der Waals surface area (Å²) >= 11 is 0. The summed E-state index contributed by atoms with van der Waals surface area (Å²) in [6, 6.07) is 11.1. The van der Waals surface area contributed by atoms with Crippen molar-refractivity contribution in [1.29, 1.82) is 0 Å². The molecule has 7 heteroatoms. The third-order valence-electron chi connectivity index (χ3n) is 3.40. The minimum atomic E-state index is -4.83. The second-order valence-corrected chi connectivity index (χ2v) is 5.01. The summed E-state index contributed by atoms with van der Waals surface area (Å²) in [6.07, 6.45) is -3.34. The van der Waals surface area contributed by atoms with Crippen molar-refractivity contribution in [2.24, 2.45) is 0 Å². The molecule has 0 fully saturated rings. The maximum Gasteiger partial charge on any atom is 0.435 e. The molecule has 23 heavy (non-hydrogen) atoms. The van der Waals surface area contributed by atoms with E-state index in [0.717, 1.165) is 11.1 Å². The Bertz CT molecular complexity index is 838. The Balaban J connectivity index is 2.04. The second kappa shape index (κ2) is 5.49. The molecule has 3 rings (SSSR count). The lowest BCUT2D eigenvalue weighted by molar-refractivity contribution is -0.143. The first kappa shape index (κ1) is 15.2. The van der Waals surface area contributed by atoms with Crippen molar-refractivity contribution in [2.45, 2.75) is 13.1 Å². The lowest BCUT2D eigenvalue weighted by Gasteiger charge is -2.06. The molecule has 1 aromatic carbocycles. The first-order chi connectivity index (χ1) is 10.9. The number of benzene rings is 1. The van der Waals surface area contributed by atoms with Crippen LogP contribution < -0.4 is 0 Å². The van der Waals surface area contributed by atoms with Gasteiger partial charge in [-0.15, -0.1) is 0 Å². The number of halogens is 4. The molecule has 1 N–H and O–H groups in total. The van der Waals surface area contributed by atoms with Gasteiger partial charge in [0.25, 0.3) is 0 Å². The van der Waals surface area contributed by atoms with Gasteiger partial charge >= 0.3 is 6.18 Å². The van der Waals surface area contributed by atoms with Crippen molar-refractivity contribution < 1.29 is 17.6 Å². The molecule has 0 amide bonds. The summed E-state index contributed by atoms with van der Waals surface area (Å²) in [5.74, 6) is -1.44. The van der Waals surface area contributed by atoms with Crippen molar-refractivity contribution in [3.05, 3.63) is 59.7 Å². The molecule has 3 aromatic rings. The summed E-state index contributed by atoms with van der Waals surface area (Å²) in [6.45, 7) is 1.65. The standard InChI is InChI=1S/C16H11F4N3/c1-9-7-11(10-5-3-2-4-6-10)8-21-13(9)14-12(17)15(23-22-14)16(18,19)20/h2-8H,1H3,(H,22,23). The number of aromatic amines is 1. The van der Waals surface area contributed by atoms with Gasteiger partial charge in [-0.25, -0.2) is 4.39 Å². The van der Waals surface area contributed by atoms with Gasteiger partial charge in [-0.3, -0.25) is 10.1 Å². The Kier molecular flexibility index (Phi) is 3.63. The number of rotatable bonds is 2. The predicted molar refractivity (Wildman–Crippen MR) is 77.0 cm³/mol. The fraction of sp³-hybridized carbons (Fsp3) is 0.125. The molecule has 118 valence electrons. The lowest BCUT2D eigenvalue weighted by Crippen LogP contribution is -2.07. The second-order valence-electron chi connectivity index (χ2n) is 5.01. The van der Waals surface area contributed by atoms with E-state index in [4.69, 9.17) is 0 Å². The molecule has 0 bridgehead atoms. The highest BCUT2D eigenvalue weighted by atomic mass is 19.4. The maximum absolute atomic E-state index is 14.0. The van der Waals surface area contributed by atoms with Crippen LogP contribution in [0.4, 0.5) is 17.6 Å². The molecule has 0 spiro atoms. The van der Waals surface area contributed by atoms with Crippen molar-refractivity contribution in [3.63, 3.8) is 0 Å². The minimum Gasteiger partial charge on any atom is -0.270 e. The van der Waals surface area contributed by atoms with E-state index in [1.54, 1.807) is 18.1 Å². The summed E-state index contributed by atoms with van der Waals surface area (Å²) < 4.78 is 51.9. The van der Waals surface area contributed by atoms with Crippen LogP contribution in [0.5, 0.6) is 0 Å². The Morgan fingerprint density at radius 3 is 2.26 bits per heavy atom. The first-order valence-electron chi connectivity index (χ1n) is 6.71. The van der Waals surface area contributed by atoms with E-state index in [1.165, 1.54) is 6.20 Å². The molecule has 0 aliphatic carbocycles. The maximum atomic E-state index is 14.0. The lowest BCUT2D eigenvalue weighted by atomic mass is 10.0. The molecule has 2 heterocycles. The third kappa shape index (κ3) is 2.81. The predicted octanol–water partition coefficient (Wildman–Crippen LogP) is 4.61. The van der Waals surface area contributed by atoms with Gasteiger partial charge in [-0.2, -0.15) is 18.3 Å². The average molecular weight is 321 g/mol. The zero-order chi connectivity index (χ0) is 16.6. The largest absolute Gasteiger partial charge is 0.435 e. The summed E-state index contributed by atoms with van der Waals surface area (Å²) in [5, 5.41) is 5.13. The smallest absolute Gasteiger partial charge is 0.270 e. The zero-order valence-electron chi connectivity index (χ0n) is 11.9. The van der Waals surface area contributed by atoms with Gasteiger partial charge in [0, 0.05) is 11.8 Å². The van der Waals surface area contributed by atoms with Crippen LogP contribution in [0, 0.1) is 12.7 Å². The van der Waals surface area contributed by atoms with Gasteiger partial charge in [0.2, 0.25) is 0 Å². The summed E-state index contributed by atoms with van der Waals surface area (Å²) in [7, 11) is 0. The molecule has 0 saturated heterocycles. The van der Waals surface area contributed by atoms with Gasteiger partial charge in [0.05, 0.1) is 5.69 Å². The third-order valence-corrected chi connectivity index (χ3v) is 3.40. The van der Waals surface area contributed by atoms with Crippen LogP contribution in [0.15, 0.2) is 42.6 Å². The number of aryl methyl sites for hydroxylation is 1. The number of nitrogens with one attached hydrogen (secondary N) is 1. The molecular formula is C16H11F4N3. The van der Waals surface area contributed by atoms with E-state index in [-0.39, 0.29) is 5.69 Å². The molecular weight excluding hydrogens is 310 g/mol. The Labute approximate surface area is 129 Å². The van der Waals surface area contributed by atoms with Crippen LogP contribution in [0.25, 0.3) is 22.5 Å². The molecule has 0 aliphatic rings. The topological polar surface area (TPSA) is 41.6 Å². The molecule has 0 unspecified atom stereocenters. The minimum absolute atomic E-state index is 0.0777. The number of hydrogen-bond acceptors (Lipinski definition) is 2. The van der Waals surface area contributed by atoms with Crippen LogP contribution in [-0.2, 0) is 6.18 Å². The highest BCUT2D eigenvalue weighted by Gasteiger charge is 2.38. The number of alkyl halides is 3. The van der Waals surface area contributed by atoms with E-state index in [1.807, 2.05) is 30.3 Å². The molecule has 0 radical (unpaired) electrons. The number of H-pyrrole nitrogens is 1. The van der Waals surface area contributed by atoms with Crippen LogP contribution in [0.2, 0.25) is 0 Å². The normalized spacial score (nSPS) is 11.7. The van der Waals surface area contributed by atoms with Gasteiger partial charge in [-0.1, -0.05) is 30.3 Å². The Morgan fingerprint density at radius 1 is 1.00 bits per heavy atom. The quantitative estimate of drug-likeness (QED) is 0.701. The van der Waals surface area contributed by atoms with Crippen LogP contribution in [-0.4, -0.2) is 15.2 Å². The SMILES string of the molecule is Cc1cc(-c2ccccc2)cnc1-c1n[nH]c(C(F)(F)F)c1F. The van der Waals surface area contributed by atoms with Gasteiger partial charge in [-0.05, 0) is 24.1 Å². The van der Waals surface area contributed by atoms with Gasteiger partial charge < -0.3 is 0 Å².